The highest BCUT2D eigenvalue weighted by atomic mass is 16.5. The van der Waals surface area contributed by atoms with E-state index in [4.69, 9.17) is 4.74 Å². The van der Waals surface area contributed by atoms with E-state index in [1.54, 1.807) is 0 Å². The van der Waals surface area contributed by atoms with Crippen LogP contribution in [0.1, 0.15) is 19.3 Å². The third-order valence-electron chi connectivity index (χ3n) is 6.98. The summed E-state index contributed by atoms with van der Waals surface area (Å²) in [5, 5.41) is 2.29. The number of rotatable bonds is 3. The number of anilines is 1. The van der Waals surface area contributed by atoms with Crippen molar-refractivity contribution in [3.8, 4) is 11.5 Å². The van der Waals surface area contributed by atoms with Gasteiger partial charge in [-0.15, -0.1) is 0 Å². The first kappa shape index (κ1) is 16.8. The van der Waals surface area contributed by atoms with Crippen molar-refractivity contribution >= 4 is 28.3 Å². The van der Waals surface area contributed by atoms with Crippen molar-refractivity contribution in [1.29, 1.82) is 0 Å². The SMILES string of the molecule is O=C1C2C3CCC(C3)C2C(=O)N1c1ccc(Oc2ccc3ccccc3c2)cc1. The summed E-state index contributed by atoms with van der Waals surface area (Å²) in [6.45, 7) is 0. The molecule has 4 unspecified atom stereocenters. The number of carbonyl (C=O) groups excluding carboxylic acids is 2. The zero-order valence-corrected chi connectivity index (χ0v) is 16.0. The van der Waals surface area contributed by atoms with Gasteiger partial charge in [0.25, 0.3) is 0 Å². The second-order valence-electron chi connectivity index (χ2n) is 8.50. The fourth-order valence-electron chi connectivity index (χ4n) is 5.69. The highest BCUT2D eigenvalue weighted by Gasteiger charge is 2.61. The van der Waals surface area contributed by atoms with Gasteiger partial charge in [0.2, 0.25) is 11.8 Å². The van der Waals surface area contributed by atoms with Crippen molar-refractivity contribution in [2.45, 2.75) is 19.3 Å². The summed E-state index contributed by atoms with van der Waals surface area (Å²) in [6, 6.07) is 21.4. The van der Waals surface area contributed by atoms with Crippen LogP contribution < -0.4 is 9.64 Å². The van der Waals surface area contributed by atoms with E-state index in [1.807, 2.05) is 54.6 Å². The molecule has 0 aromatic heterocycles. The number of amides is 2. The smallest absolute Gasteiger partial charge is 0.237 e. The Morgan fingerprint density at radius 1 is 0.724 bits per heavy atom. The van der Waals surface area contributed by atoms with Crippen molar-refractivity contribution < 1.29 is 14.3 Å². The lowest BCUT2D eigenvalue weighted by molar-refractivity contribution is -0.123. The van der Waals surface area contributed by atoms with Gasteiger partial charge in [-0.2, -0.15) is 0 Å². The predicted molar refractivity (Wildman–Crippen MR) is 111 cm³/mol. The highest BCUT2D eigenvalue weighted by Crippen LogP contribution is 2.56. The monoisotopic (exact) mass is 383 g/mol. The molecule has 2 saturated carbocycles. The van der Waals surface area contributed by atoms with Gasteiger partial charge in [0.15, 0.2) is 0 Å². The summed E-state index contributed by atoms with van der Waals surface area (Å²) in [4.78, 5) is 27.3. The molecular weight excluding hydrogens is 362 g/mol. The van der Waals surface area contributed by atoms with Gasteiger partial charge in [0, 0.05) is 0 Å². The Hall–Kier alpha value is -3.14. The van der Waals surface area contributed by atoms with Crippen LogP contribution in [0, 0.1) is 23.7 Å². The Kier molecular flexibility index (Phi) is 3.58. The second-order valence-corrected chi connectivity index (χ2v) is 8.50. The number of fused-ring (bicyclic) bond motifs is 6. The number of hydrogen-bond acceptors (Lipinski definition) is 3. The van der Waals surface area contributed by atoms with E-state index in [-0.39, 0.29) is 23.7 Å². The molecule has 29 heavy (non-hydrogen) atoms. The van der Waals surface area contributed by atoms with Crippen molar-refractivity contribution in [3.63, 3.8) is 0 Å². The summed E-state index contributed by atoms with van der Waals surface area (Å²) >= 11 is 0. The maximum absolute atomic E-state index is 13.0. The molecule has 4 nitrogen and oxygen atoms in total. The van der Waals surface area contributed by atoms with Crippen LogP contribution in [0.4, 0.5) is 5.69 Å². The lowest BCUT2D eigenvalue weighted by atomic mass is 9.81. The van der Waals surface area contributed by atoms with Crippen molar-refractivity contribution in [3.05, 3.63) is 66.7 Å². The van der Waals surface area contributed by atoms with Crippen LogP contribution >= 0.6 is 0 Å². The normalized spacial score (nSPS) is 27.7. The molecule has 144 valence electrons. The molecule has 2 aliphatic carbocycles. The maximum Gasteiger partial charge on any atom is 0.237 e. The third kappa shape index (κ3) is 2.52. The highest BCUT2D eigenvalue weighted by molar-refractivity contribution is 6.22. The number of carbonyl (C=O) groups is 2. The van der Waals surface area contributed by atoms with Gasteiger partial charge in [-0.1, -0.05) is 30.3 Å². The Morgan fingerprint density at radius 3 is 2.03 bits per heavy atom. The molecule has 2 bridgehead atoms. The van der Waals surface area contributed by atoms with Gasteiger partial charge in [0.05, 0.1) is 17.5 Å². The molecular formula is C25H21NO3. The molecule has 1 heterocycles. The van der Waals surface area contributed by atoms with E-state index in [1.165, 1.54) is 10.3 Å². The molecule has 4 heteroatoms. The molecule has 0 radical (unpaired) electrons. The molecule has 1 aliphatic heterocycles. The van der Waals surface area contributed by atoms with E-state index in [9.17, 15) is 9.59 Å². The van der Waals surface area contributed by atoms with Gasteiger partial charge < -0.3 is 4.74 Å². The largest absolute Gasteiger partial charge is 0.457 e. The van der Waals surface area contributed by atoms with Gasteiger partial charge in [-0.25, -0.2) is 0 Å². The van der Waals surface area contributed by atoms with E-state index in [0.29, 0.717) is 23.3 Å². The summed E-state index contributed by atoms with van der Waals surface area (Å²) in [5.41, 5.74) is 0.652. The first-order valence-electron chi connectivity index (χ1n) is 10.3. The topological polar surface area (TPSA) is 46.6 Å². The molecule has 2 amide bonds. The molecule has 0 N–H and O–H groups in total. The Morgan fingerprint density at radius 2 is 1.34 bits per heavy atom. The minimum Gasteiger partial charge on any atom is -0.457 e. The standard InChI is InChI=1S/C25H21NO3/c27-24-22-17-5-6-18(13-17)23(22)25(28)26(24)19-8-11-20(12-9-19)29-21-10-7-15-3-1-2-4-16(15)14-21/h1-4,7-12,14,17-18,22-23H,5-6,13H2. The van der Waals surface area contributed by atoms with Crippen LogP contribution in [0.15, 0.2) is 66.7 Å². The molecule has 1 saturated heterocycles. The first-order chi connectivity index (χ1) is 14.2. The zero-order chi connectivity index (χ0) is 19.5. The Balaban J connectivity index is 1.24. The predicted octanol–water partition coefficient (Wildman–Crippen LogP) is 5.17. The Bertz CT molecular complexity index is 1110. The summed E-state index contributed by atoms with van der Waals surface area (Å²) in [7, 11) is 0. The van der Waals surface area contributed by atoms with Gasteiger partial charge >= 0.3 is 0 Å². The van der Waals surface area contributed by atoms with Gasteiger partial charge in [0.1, 0.15) is 11.5 Å². The average Bonchev–Trinajstić information content (AvgIpc) is 3.43. The number of ether oxygens (including phenoxy) is 1. The molecule has 3 aromatic carbocycles. The fraction of sp³-hybridized carbons (Fsp3) is 0.280. The summed E-state index contributed by atoms with van der Waals surface area (Å²) in [6.07, 6.45) is 3.24. The summed E-state index contributed by atoms with van der Waals surface area (Å²) < 4.78 is 5.99. The number of nitrogens with zero attached hydrogens (tertiary/aromatic N) is 1. The van der Waals surface area contributed by atoms with Crippen molar-refractivity contribution in [2.75, 3.05) is 4.90 Å². The van der Waals surface area contributed by atoms with Crippen molar-refractivity contribution in [1.82, 2.24) is 0 Å². The Labute approximate surface area is 169 Å². The molecule has 3 fully saturated rings. The van der Waals surface area contributed by atoms with Crippen LogP contribution in [0.3, 0.4) is 0 Å². The molecule has 0 spiro atoms. The maximum atomic E-state index is 13.0. The number of benzene rings is 3. The lowest BCUT2D eigenvalue weighted by Gasteiger charge is -2.19. The molecule has 6 rings (SSSR count). The van der Waals surface area contributed by atoms with E-state index < -0.39 is 0 Å². The van der Waals surface area contributed by atoms with Crippen LogP contribution in [0.25, 0.3) is 10.8 Å². The minimum atomic E-state index is -0.0882. The summed E-state index contributed by atoms with van der Waals surface area (Å²) in [5.74, 6) is 2.07. The van der Waals surface area contributed by atoms with Crippen molar-refractivity contribution in [2.24, 2.45) is 23.7 Å². The third-order valence-corrected chi connectivity index (χ3v) is 6.98. The molecule has 4 atom stereocenters. The lowest BCUT2D eigenvalue weighted by Crippen LogP contribution is -2.32. The quantitative estimate of drug-likeness (QED) is 0.587. The average molecular weight is 383 g/mol. The number of imide groups is 1. The van der Waals surface area contributed by atoms with Crippen LogP contribution in [0.5, 0.6) is 11.5 Å². The fourth-order valence-corrected chi connectivity index (χ4v) is 5.69. The zero-order valence-electron chi connectivity index (χ0n) is 16.0. The van der Waals surface area contributed by atoms with E-state index >= 15 is 0 Å². The number of hydrogen-bond donors (Lipinski definition) is 0. The van der Waals surface area contributed by atoms with Crippen LogP contribution in [0.2, 0.25) is 0 Å². The molecule has 3 aliphatic rings. The van der Waals surface area contributed by atoms with E-state index in [0.717, 1.165) is 30.4 Å². The van der Waals surface area contributed by atoms with Gasteiger partial charge in [-0.05, 0) is 78.3 Å². The van der Waals surface area contributed by atoms with Crippen LogP contribution in [-0.2, 0) is 9.59 Å². The van der Waals surface area contributed by atoms with E-state index in [2.05, 4.69) is 12.1 Å². The van der Waals surface area contributed by atoms with Crippen LogP contribution in [-0.4, -0.2) is 11.8 Å². The second kappa shape index (κ2) is 6.18. The first-order valence-corrected chi connectivity index (χ1v) is 10.3. The molecule has 3 aromatic rings. The van der Waals surface area contributed by atoms with Gasteiger partial charge in [-0.3, -0.25) is 14.5 Å². The minimum absolute atomic E-state index is 0.00426.